The minimum atomic E-state index is -3.68. The van der Waals surface area contributed by atoms with Gasteiger partial charge in [-0.15, -0.1) is 0 Å². The highest BCUT2D eigenvalue weighted by Gasteiger charge is 2.48. The molecule has 0 aromatic carbocycles. The van der Waals surface area contributed by atoms with Gasteiger partial charge in [0, 0.05) is 5.57 Å². The van der Waals surface area contributed by atoms with Gasteiger partial charge in [-0.2, -0.15) is 4.39 Å². The van der Waals surface area contributed by atoms with Gasteiger partial charge in [0.05, 0.1) is 0 Å². The Hall–Kier alpha value is -0.840. The van der Waals surface area contributed by atoms with E-state index in [1.807, 2.05) is 0 Å². The first-order valence-corrected chi connectivity index (χ1v) is 3.53. The molecule has 0 amide bonds. The maximum absolute atomic E-state index is 12.8. The molecule has 1 nitrogen and oxygen atoms in total. The molecule has 0 aliphatic heterocycles. The molecular formula is C7H3ClF4O. The lowest BCUT2D eigenvalue weighted by Gasteiger charge is -2.19. The molecule has 0 aromatic rings. The highest BCUT2D eigenvalue weighted by molar-refractivity contribution is 6.28. The Labute approximate surface area is 75.7 Å². The quantitative estimate of drug-likeness (QED) is 0.448. The van der Waals surface area contributed by atoms with E-state index in [0.717, 1.165) is 6.92 Å². The maximum Gasteiger partial charge on any atom is 0.289 e. The number of rotatable bonds is 0. The van der Waals surface area contributed by atoms with Gasteiger partial charge in [0.15, 0.2) is 11.7 Å². The summed E-state index contributed by atoms with van der Waals surface area (Å²) >= 11 is 4.70. The highest BCUT2D eigenvalue weighted by atomic mass is 35.5. The molecule has 1 rings (SSSR count). The number of carbonyl (C=O) groups excluding carboxylic acids is 1. The molecule has 13 heavy (non-hydrogen) atoms. The standard InChI is InChI=1S/C7H3ClF4O/c1-2-4(13)3(9)6(11)7(8,12)5(2)10/h1H3. The number of hydrogen-bond donors (Lipinski definition) is 0. The molecule has 0 heterocycles. The van der Waals surface area contributed by atoms with Gasteiger partial charge in [0.2, 0.25) is 11.6 Å². The van der Waals surface area contributed by atoms with Crippen molar-refractivity contribution in [2.75, 3.05) is 0 Å². The van der Waals surface area contributed by atoms with Gasteiger partial charge in [-0.3, -0.25) is 4.79 Å². The van der Waals surface area contributed by atoms with Gasteiger partial charge in [-0.05, 0) is 6.92 Å². The summed E-state index contributed by atoms with van der Waals surface area (Å²) < 4.78 is 50.6. The average Bonchev–Trinajstić information content (AvgIpc) is 2.09. The van der Waals surface area contributed by atoms with Crippen LogP contribution in [0.1, 0.15) is 6.92 Å². The Balaban J connectivity index is 3.39. The number of allylic oxidation sites excluding steroid dienone is 4. The van der Waals surface area contributed by atoms with Gasteiger partial charge in [0.25, 0.3) is 5.13 Å². The molecule has 1 atom stereocenters. The molecular weight excluding hydrogens is 212 g/mol. The largest absolute Gasteiger partial charge is 0.289 e. The summed E-state index contributed by atoms with van der Waals surface area (Å²) in [6.07, 6.45) is 0. The Morgan fingerprint density at radius 3 is 2.15 bits per heavy atom. The van der Waals surface area contributed by atoms with Crippen molar-refractivity contribution in [3.05, 3.63) is 23.1 Å². The molecule has 0 aromatic heterocycles. The molecule has 0 saturated carbocycles. The SMILES string of the molecule is CC1=C(F)C(F)(Cl)C(F)=C(F)C1=O. The van der Waals surface area contributed by atoms with Crippen LogP contribution in [0.4, 0.5) is 17.6 Å². The fourth-order valence-corrected chi connectivity index (χ4v) is 1.06. The van der Waals surface area contributed by atoms with E-state index in [2.05, 4.69) is 0 Å². The predicted molar refractivity (Wildman–Crippen MR) is 37.7 cm³/mol. The maximum atomic E-state index is 12.8. The Kier molecular flexibility index (Phi) is 2.23. The predicted octanol–water partition coefficient (Wildman–Crippen LogP) is 2.87. The van der Waals surface area contributed by atoms with Crippen LogP contribution in [0.5, 0.6) is 0 Å². The van der Waals surface area contributed by atoms with Crippen molar-refractivity contribution < 1.29 is 22.4 Å². The summed E-state index contributed by atoms with van der Waals surface area (Å²) in [4.78, 5) is 10.6. The Bertz CT molecular complexity index is 312. The fraction of sp³-hybridized carbons (Fsp3) is 0.286. The third-order valence-corrected chi connectivity index (χ3v) is 1.95. The van der Waals surface area contributed by atoms with Crippen molar-refractivity contribution in [1.29, 1.82) is 0 Å². The second-order valence-electron chi connectivity index (χ2n) is 2.47. The zero-order valence-corrected chi connectivity index (χ0v) is 7.05. The van der Waals surface area contributed by atoms with Crippen molar-refractivity contribution in [2.45, 2.75) is 12.1 Å². The zero-order valence-electron chi connectivity index (χ0n) is 6.30. The van der Waals surface area contributed by atoms with E-state index < -0.39 is 34.0 Å². The van der Waals surface area contributed by atoms with Crippen molar-refractivity contribution in [3.63, 3.8) is 0 Å². The summed E-state index contributed by atoms with van der Waals surface area (Å²) in [5.41, 5.74) is -0.864. The van der Waals surface area contributed by atoms with E-state index in [-0.39, 0.29) is 0 Å². The van der Waals surface area contributed by atoms with Gasteiger partial charge < -0.3 is 0 Å². The summed E-state index contributed by atoms with van der Waals surface area (Å²) in [5.74, 6) is -7.55. The van der Waals surface area contributed by atoms with Crippen LogP contribution in [0, 0.1) is 0 Å². The lowest BCUT2D eigenvalue weighted by molar-refractivity contribution is -0.114. The number of alkyl halides is 2. The molecule has 1 aliphatic carbocycles. The van der Waals surface area contributed by atoms with Gasteiger partial charge >= 0.3 is 0 Å². The highest BCUT2D eigenvalue weighted by Crippen LogP contribution is 2.44. The van der Waals surface area contributed by atoms with E-state index in [0.29, 0.717) is 0 Å². The van der Waals surface area contributed by atoms with Gasteiger partial charge in [-0.25, -0.2) is 13.2 Å². The molecule has 1 unspecified atom stereocenters. The van der Waals surface area contributed by atoms with Crippen LogP contribution in [0.3, 0.4) is 0 Å². The van der Waals surface area contributed by atoms with E-state index in [4.69, 9.17) is 11.6 Å². The van der Waals surface area contributed by atoms with Crippen molar-refractivity contribution in [1.82, 2.24) is 0 Å². The number of ketones is 1. The van der Waals surface area contributed by atoms with E-state index in [1.165, 1.54) is 0 Å². The molecule has 0 radical (unpaired) electrons. The van der Waals surface area contributed by atoms with Crippen LogP contribution in [0.15, 0.2) is 23.1 Å². The van der Waals surface area contributed by atoms with Crippen LogP contribution >= 0.6 is 11.6 Å². The van der Waals surface area contributed by atoms with E-state index in [1.54, 1.807) is 0 Å². The van der Waals surface area contributed by atoms with Crippen molar-refractivity contribution >= 4 is 17.4 Å². The fourth-order valence-electron chi connectivity index (χ4n) is 0.834. The third kappa shape index (κ3) is 1.27. The second-order valence-corrected chi connectivity index (χ2v) is 2.99. The molecule has 0 fully saturated rings. The molecule has 6 heteroatoms. The summed E-state index contributed by atoms with van der Waals surface area (Å²) in [6.45, 7) is 0.820. The first kappa shape index (κ1) is 10.2. The molecule has 1 aliphatic rings. The normalized spacial score (nSPS) is 30.2. The third-order valence-electron chi connectivity index (χ3n) is 1.61. The van der Waals surface area contributed by atoms with Gasteiger partial charge in [-0.1, -0.05) is 11.6 Å². The average molecular weight is 215 g/mol. The van der Waals surface area contributed by atoms with E-state index in [9.17, 15) is 22.4 Å². The minimum Gasteiger partial charge on any atom is -0.286 e. The first-order valence-electron chi connectivity index (χ1n) is 3.15. The van der Waals surface area contributed by atoms with Crippen LogP contribution in [-0.4, -0.2) is 10.9 Å². The minimum absolute atomic E-state index is 0.820. The monoisotopic (exact) mass is 214 g/mol. The number of carbonyl (C=O) groups is 1. The smallest absolute Gasteiger partial charge is 0.286 e. The first-order chi connectivity index (χ1) is 5.80. The molecule has 0 bridgehead atoms. The molecule has 0 saturated heterocycles. The lowest BCUT2D eigenvalue weighted by atomic mass is 10.0. The van der Waals surface area contributed by atoms with Crippen LogP contribution in [0.2, 0.25) is 0 Å². The number of hydrogen-bond acceptors (Lipinski definition) is 1. The number of Topliss-reactive ketones (excluding diaryl/α,β-unsaturated/α-hetero) is 1. The molecule has 72 valence electrons. The van der Waals surface area contributed by atoms with Crippen LogP contribution in [0.25, 0.3) is 0 Å². The van der Waals surface area contributed by atoms with Crippen LogP contribution < -0.4 is 0 Å². The zero-order chi connectivity index (χ0) is 10.4. The van der Waals surface area contributed by atoms with Crippen molar-refractivity contribution in [3.8, 4) is 0 Å². The summed E-state index contributed by atoms with van der Waals surface area (Å²) in [7, 11) is 0. The lowest BCUT2D eigenvalue weighted by Crippen LogP contribution is -2.26. The molecule has 0 N–H and O–H groups in total. The molecule has 0 spiro atoms. The Morgan fingerprint density at radius 1 is 1.23 bits per heavy atom. The van der Waals surface area contributed by atoms with Gasteiger partial charge in [0.1, 0.15) is 0 Å². The topological polar surface area (TPSA) is 17.1 Å². The van der Waals surface area contributed by atoms with Crippen molar-refractivity contribution in [2.24, 2.45) is 0 Å². The summed E-state index contributed by atoms with van der Waals surface area (Å²) in [5, 5.41) is -3.68. The Morgan fingerprint density at radius 2 is 1.69 bits per heavy atom. The number of halogens is 5. The summed E-state index contributed by atoms with van der Waals surface area (Å²) in [6, 6.07) is 0. The van der Waals surface area contributed by atoms with Crippen LogP contribution in [-0.2, 0) is 4.79 Å². The van der Waals surface area contributed by atoms with E-state index >= 15 is 0 Å². The second kappa shape index (κ2) is 2.83.